The summed E-state index contributed by atoms with van der Waals surface area (Å²) in [5, 5.41) is 0. The molecule has 3 nitrogen and oxygen atoms in total. The Morgan fingerprint density at radius 1 is 1.33 bits per heavy atom. The van der Waals surface area contributed by atoms with E-state index >= 15 is 0 Å². The predicted octanol–water partition coefficient (Wildman–Crippen LogP) is 2.93. The summed E-state index contributed by atoms with van der Waals surface area (Å²) in [4.78, 5) is 0. The minimum atomic E-state index is -4.35. The SMILES string of the molecule is Cc1ccc(OCOCC(F)(F)F)c([C@@H](C)N)c1. The molecule has 0 fully saturated rings. The number of aryl methyl sites for hydroxylation is 1. The minimum Gasteiger partial charge on any atom is -0.467 e. The Morgan fingerprint density at radius 2 is 2.00 bits per heavy atom. The number of hydrogen-bond donors (Lipinski definition) is 1. The number of halogens is 3. The topological polar surface area (TPSA) is 44.5 Å². The predicted molar refractivity (Wildman–Crippen MR) is 61.3 cm³/mol. The lowest BCUT2D eigenvalue weighted by molar-refractivity contribution is -0.186. The zero-order valence-electron chi connectivity index (χ0n) is 10.3. The standard InChI is InChI=1S/C12H16F3NO2/c1-8-3-4-11(10(5-8)9(2)16)18-7-17-6-12(13,14)15/h3-5,9H,6-7,16H2,1-2H3/t9-/m1/s1. The molecule has 1 atom stereocenters. The smallest absolute Gasteiger partial charge is 0.411 e. The summed E-state index contributed by atoms with van der Waals surface area (Å²) in [6.45, 7) is 1.89. The van der Waals surface area contributed by atoms with E-state index in [1.54, 1.807) is 19.1 Å². The first-order valence-electron chi connectivity index (χ1n) is 5.43. The van der Waals surface area contributed by atoms with E-state index in [4.69, 9.17) is 10.5 Å². The van der Waals surface area contributed by atoms with Gasteiger partial charge in [-0.25, -0.2) is 0 Å². The van der Waals surface area contributed by atoms with Gasteiger partial charge in [0, 0.05) is 11.6 Å². The van der Waals surface area contributed by atoms with E-state index in [9.17, 15) is 13.2 Å². The van der Waals surface area contributed by atoms with Gasteiger partial charge < -0.3 is 15.2 Å². The number of nitrogens with two attached hydrogens (primary N) is 1. The lowest BCUT2D eigenvalue weighted by atomic mass is 10.1. The molecule has 0 saturated heterocycles. The van der Waals surface area contributed by atoms with Gasteiger partial charge in [-0.05, 0) is 19.9 Å². The van der Waals surface area contributed by atoms with Crippen LogP contribution >= 0.6 is 0 Å². The van der Waals surface area contributed by atoms with Crippen LogP contribution in [0.25, 0.3) is 0 Å². The second-order valence-electron chi connectivity index (χ2n) is 4.06. The molecule has 18 heavy (non-hydrogen) atoms. The summed E-state index contributed by atoms with van der Waals surface area (Å²) in [6.07, 6.45) is -4.35. The maximum absolute atomic E-state index is 11.8. The van der Waals surface area contributed by atoms with Crippen molar-refractivity contribution >= 4 is 0 Å². The van der Waals surface area contributed by atoms with Crippen LogP contribution in [0.1, 0.15) is 24.1 Å². The number of rotatable bonds is 5. The van der Waals surface area contributed by atoms with Gasteiger partial charge in [-0.1, -0.05) is 17.7 Å². The summed E-state index contributed by atoms with van der Waals surface area (Å²) < 4.78 is 45.0. The molecule has 0 aliphatic rings. The van der Waals surface area contributed by atoms with Crippen molar-refractivity contribution in [1.82, 2.24) is 0 Å². The Morgan fingerprint density at radius 3 is 2.56 bits per heavy atom. The molecule has 1 aromatic rings. The van der Waals surface area contributed by atoms with E-state index in [-0.39, 0.29) is 6.04 Å². The first-order valence-corrected chi connectivity index (χ1v) is 5.43. The van der Waals surface area contributed by atoms with Gasteiger partial charge in [0.2, 0.25) is 0 Å². The van der Waals surface area contributed by atoms with Crippen molar-refractivity contribution in [2.24, 2.45) is 5.73 Å². The third-order valence-corrected chi connectivity index (χ3v) is 2.22. The van der Waals surface area contributed by atoms with Gasteiger partial charge in [0.25, 0.3) is 0 Å². The maximum Gasteiger partial charge on any atom is 0.411 e. The van der Waals surface area contributed by atoms with Gasteiger partial charge >= 0.3 is 6.18 Å². The van der Waals surface area contributed by atoms with E-state index in [0.29, 0.717) is 5.75 Å². The van der Waals surface area contributed by atoms with Gasteiger partial charge in [0.05, 0.1) is 0 Å². The van der Waals surface area contributed by atoms with Crippen molar-refractivity contribution < 1.29 is 22.6 Å². The average molecular weight is 263 g/mol. The largest absolute Gasteiger partial charge is 0.467 e. The molecule has 1 aromatic carbocycles. The van der Waals surface area contributed by atoms with Crippen LogP contribution in [0, 0.1) is 6.92 Å². The fourth-order valence-electron chi connectivity index (χ4n) is 1.42. The molecule has 0 aromatic heterocycles. The average Bonchev–Trinajstić information content (AvgIpc) is 2.24. The Hall–Kier alpha value is -1.27. The highest BCUT2D eigenvalue weighted by atomic mass is 19.4. The summed E-state index contributed by atoms with van der Waals surface area (Å²) >= 11 is 0. The molecule has 0 unspecified atom stereocenters. The molecule has 6 heteroatoms. The second-order valence-corrected chi connectivity index (χ2v) is 4.06. The normalized spacial score (nSPS) is 13.4. The fourth-order valence-corrected chi connectivity index (χ4v) is 1.42. The van der Waals surface area contributed by atoms with Crippen molar-refractivity contribution in [1.29, 1.82) is 0 Å². The van der Waals surface area contributed by atoms with Crippen LogP contribution in [-0.4, -0.2) is 19.6 Å². The van der Waals surface area contributed by atoms with Gasteiger partial charge in [-0.15, -0.1) is 0 Å². The van der Waals surface area contributed by atoms with Crippen LogP contribution < -0.4 is 10.5 Å². The fraction of sp³-hybridized carbons (Fsp3) is 0.500. The zero-order valence-corrected chi connectivity index (χ0v) is 10.3. The summed E-state index contributed by atoms with van der Waals surface area (Å²) in [6, 6.07) is 5.04. The van der Waals surface area contributed by atoms with Crippen LogP contribution in [0.2, 0.25) is 0 Å². The summed E-state index contributed by atoms with van der Waals surface area (Å²) in [5.74, 6) is 0.442. The number of hydrogen-bond acceptors (Lipinski definition) is 3. The van der Waals surface area contributed by atoms with Crippen molar-refractivity contribution in [2.75, 3.05) is 13.4 Å². The molecule has 1 rings (SSSR count). The minimum absolute atomic E-state index is 0.262. The van der Waals surface area contributed by atoms with Crippen molar-refractivity contribution in [3.05, 3.63) is 29.3 Å². The molecule has 0 aliphatic heterocycles. The van der Waals surface area contributed by atoms with Crippen LogP contribution in [0.3, 0.4) is 0 Å². The Bertz CT molecular complexity index is 391. The van der Waals surface area contributed by atoms with E-state index in [2.05, 4.69) is 4.74 Å². The van der Waals surface area contributed by atoms with E-state index in [0.717, 1.165) is 11.1 Å². The second kappa shape index (κ2) is 6.06. The molecule has 2 N–H and O–H groups in total. The third-order valence-electron chi connectivity index (χ3n) is 2.22. The molecule has 0 amide bonds. The van der Waals surface area contributed by atoms with Gasteiger partial charge in [-0.2, -0.15) is 13.2 Å². The highest BCUT2D eigenvalue weighted by Crippen LogP contribution is 2.25. The molecule has 0 bridgehead atoms. The van der Waals surface area contributed by atoms with Crippen LogP contribution in [0.15, 0.2) is 18.2 Å². The highest BCUT2D eigenvalue weighted by Gasteiger charge is 2.27. The maximum atomic E-state index is 11.8. The van der Waals surface area contributed by atoms with Crippen LogP contribution in [0.4, 0.5) is 13.2 Å². The monoisotopic (exact) mass is 263 g/mol. The van der Waals surface area contributed by atoms with Crippen molar-refractivity contribution in [3.8, 4) is 5.75 Å². The number of alkyl halides is 3. The first-order chi connectivity index (χ1) is 8.29. The van der Waals surface area contributed by atoms with Crippen LogP contribution in [0.5, 0.6) is 5.75 Å². The summed E-state index contributed by atoms with van der Waals surface area (Å²) in [7, 11) is 0. The van der Waals surface area contributed by atoms with Crippen molar-refractivity contribution in [3.63, 3.8) is 0 Å². The molecule has 102 valence electrons. The Labute approximate surface area is 104 Å². The third kappa shape index (κ3) is 4.93. The van der Waals surface area contributed by atoms with Gasteiger partial charge in [-0.3, -0.25) is 0 Å². The molecule has 0 spiro atoms. The van der Waals surface area contributed by atoms with Gasteiger partial charge in [0.1, 0.15) is 12.4 Å². The molecule has 0 radical (unpaired) electrons. The Kier molecular flexibility index (Phi) is 4.98. The molecular formula is C12H16F3NO2. The summed E-state index contributed by atoms with van der Waals surface area (Å²) in [5.41, 5.74) is 7.50. The van der Waals surface area contributed by atoms with Gasteiger partial charge in [0.15, 0.2) is 6.79 Å². The van der Waals surface area contributed by atoms with Crippen molar-refractivity contribution in [2.45, 2.75) is 26.1 Å². The Balaban J connectivity index is 2.57. The molecule has 0 saturated carbocycles. The van der Waals surface area contributed by atoms with E-state index in [1.165, 1.54) is 0 Å². The highest BCUT2D eigenvalue weighted by molar-refractivity contribution is 5.38. The van der Waals surface area contributed by atoms with E-state index in [1.807, 2.05) is 13.0 Å². The quantitative estimate of drug-likeness (QED) is 0.656. The van der Waals surface area contributed by atoms with Crippen LogP contribution in [-0.2, 0) is 4.74 Å². The lowest BCUT2D eigenvalue weighted by Crippen LogP contribution is -2.19. The molecular weight excluding hydrogens is 247 g/mol. The lowest BCUT2D eigenvalue weighted by Gasteiger charge is -2.15. The zero-order chi connectivity index (χ0) is 13.8. The number of benzene rings is 1. The number of ether oxygens (including phenoxy) is 2. The van der Waals surface area contributed by atoms with E-state index < -0.39 is 19.6 Å². The first kappa shape index (κ1) is 14.8. The molecule has 0 heterocycles. The molecule has 0 aliphatic carbocycles.